The van der Waals surface area contributed by atoms with E-state index in [9.17, 15) is 18.8 Å². The van der Waals surface area contributed by atoms with Crippen molar-refractivity contribution < 1.29 is 23.5 Å². The minimum absolute atomic E-state index is 0.114. The predicted octanol–water partition coefficient (Wildman–Crippen LogP) is 2.12. The fraction of sp³-hybridized carbons (Fsp3) is 0.250. The lowest BCUT2D eigenvalue weighted by atomic mass is 10.1. The summed E-state index contributed by atoms with van der Waals surface area (Å²) in [5.74, 6) is -2.62. The number of rotatable bonds is 7. The summed E-state index contributed by atoms with van der Waals surface area (Å²) < 4.78 is 18.9. The molecule has 140 valence electrons. The summed E-state index contributed by atoms with van der Waals surface area (Å²) in [7, 11) is 0. The molecule has 0 unspecified atom stereocenters. The molecule has 0 aromatic heterocycles. The average molecular weight is 370 g/mol. The topological polar surface area (TPSA) is 84.5 Å². The van der Waals surface area contributed by atoms with Gasteiger partial charge in [-0.1, -0.05) is 42.5 Å². The fourth-order valence-electron chi connectivity index (χ4n) is 2.47. The third kappa shape index (κ3) is 5.13. The highest BCUT2D eigenvalue weighted by Gasteiger charge is 2.30. The van der Waals surface area contributed by atoms with Gasteiger partial charge in [-0.3, -0.25) is 14.4 Å². The van der Waals surface area contributed by atoms with Crippen LogP contribution in [0, 0.1) is 5.82 Å². The number of ether oxygens (including phenoxy) is 1. The van der Waals surface area contributed by atoms with Gasteiger partial charge in [0.25, 0.3) is 11.8 Å². The molecule has 3 rings (SSSR count). The zero-order valence-electron chi connectivity index (χ0n) is 14.5. The maximum absolute atomic E-state index is 13.6. The Morgan fingerprint density at radius 1 is 1.04 bits per heavy atom. The molecular formula is C20H19FN2O4. The molecule has 0 spiro atoms. The largest absolute Gasteiger partial charge is 0.446 e. The molecule has 1 atom stereocenters. The van der Waals surface area contributed by atoms with E-state index in [0.717, 1.165) is 18.9 Å². The monoisotopic (exact) mass is 370 g/mol. The van der Waals surface area contributed by atoms with Gasteiger partial charge in [-0.05, 0) is 25.0 Å². The van der Waals surface area contributed by atoms with E-state index in [1.165, 1.54) is 18.2 Å². The number of esters is 1. The molecule has 6 nitrogen and oxygen atoms in total. The van der Waals surface area contributed by atoms with Crippen LogP contribution < -0.4 is 10.6 Å². The van der Waals surface area contributed by atoms with Crippen LogP contribution in [-0.4, -0.2) is 30.4 Å². The number of hydrogen-bond acceptors (Lipinski definition) is 4. The molecule has 2 aromatic carbocycles. The first-order chi connectivity index (χ1) is 13.0. The molecule has 2 aromatic rings. The van der Waals surface area contributed by atoms with Gasteiger partial charge in [0, 0.05) is 11.6 Å². The fourth-order valence-corrected chi connectivity index (χ4v) is 2.47. The van der Waals surface area contributed by atoms with Gasteiger partial charge in [0.1, 0.15) is 12.4 Å². The Kier molecular flexibility index (Phi) is 5.80. The van der Waals surface area contributed by atoms with Crippen molar-refractivity contribution in [3.63, 3.8) is 0 Å². The van der Waals surface area contributed by atoms with E-state index in [4.69, 9.17) is 4.74 Å². The van der Waals surface area contributed by atoms with Crippen molar-refractivity contribution in [3.05, 3.63) is 71.5 Å². The van der Waals surface area contributed by atoms with Crippen molar-refractivity contribution in [1.29, 1.82) is 0 Å². The molecule has 1 fully saturated rings. The van der Waals surface area contributed by atoms with Gasteiger partial charge in [-0.15, -0.1) is 0 Å². The van der Waals surface area contributed by atoms with Crippen molar-refractivity contribution in [3.8, 4) is 0 Å². The molecule has 0 saturated heterocycles. The van der Waals surface area contributed by atoms with Crippen LogP contribution in [0.25, 0.3) is 0 Å². The summed E-state index contributed by atoms with van der Waals surface area (Å²) >= 11 is 0. The van der Waals surface area contributed by atoms with E-state index in [2.05, 4.69) is 10.6 Å². The second-order valence-electron chi connectivity index (χ2n) is 6.23. The van der Waals surface area contributed by atoms with E-state index in [1.54, 1.807) is 30.3 Å². The van der Waals surface area contributed by atoms with E-state index in [0.29, 0.717) is 5.56 Å². The van der Waals surface area contributed by atoms with Gasteiger partial charge < -0.3 is 15.4 Å². The third-order valence-corrected chi connectivity index (χ3v) is 4.03. The minimum Gasteiger partial charge on any atom is -0.446 e. The summed E-state index contributed by atoms with van der Waals surface area (Å²) in [5, 5.41) is 5.11. The number of hydrogen-bond donors (Lipinski definition) is 2. The van der Waals surface area contributed by atoms with Crippen LogP contribution in [0.5, 0.6) is 0 Å². The van der Waals surface area contributed by atoms with Gasteiger partial charge in [-0.25, -0.2) is 4.39 Å². The normalized spacial score (nSPS) is 14.1. The van der Waals surface area contributed by atoms with Crippen molar-refractivity contribution >= 4 is 17.8 Å². The Labute approximate surface area is 155 Å². The quantitative estimate of drug-likeness (QED) is 0.731. The van der Waals surface area contributed by atoms with Crippen LogP contribution in [0.2, 0.25) is 0 Å². The Morgan fingerprint density at radius 2 is 1.70 bits per heavy atom. The number of halogens is 1. The van der Waals surface area contributed by atoms with Crippen LogP contribution in [0.3, 0.4) is 0 Å². The molecule has 1 aliphatic rings. The third-order valence-electron chi connectivity index (χ3n) is 4.03. The molecule has 2 amide bonds. The Balaban J connectivity index is 1.61. The van der Waals surface area contributed by atoms with Gasteiger partial charge in [-0.2, -0.15) is 0 Å². The summed E-state index contributed by atoms with van der Waals surface area (Å²) in [6, 6.07) is 14.2. The van der Waals surface area contributed by atoms with Crippen molar-refractivity contribution in [2.75, 3.05) is 6.54 Å². The summed E-state index contributed by atoms with van der Waals surface area (Å²) in [6.45, 7) is -0.479. The number of amides is 2. The smallest absolute Gasteiger partial charge is 0.326 e. The van der Waals surface area contributed by atoms with Crippen molar-refractivity contribution in [2.24, 2.45) is 0 Å². The molecule has 27 heavy (non-hydrogen) atoms. The van der Waals surface area contributed by atoms with Gasteiger partial charge in [0.2, 0.25) is 6.10 Å². The van der Waals surface area contributed by atoms with Crippen LogP contribution in [-0.2, 0) is 14.3 Å². The van der Waals surface area contributed by atoms with Crippen LogP contribution in [0.4, 0.5) is 4.39 Å². The lowest BCUT2D eigenvalue weighted by molar-refractivity contribution is -0.155. The van der Waals surface area contributed by atoms with Gasteiger partial charge in [0.15, 0.2) is 0 Å². The number of nitrogens with one attached hydrogen (secondary N) is 2. The maximum atomic E-state index is 13.6. The highest BCUT2D eigenvalue weighted by Crippen LogP contribution is 2.23. The number of carbonyl (C=O) groups excluding carboxylic acids is 3. The highest BCUT2D eigenvalue weighted by atomic mass is 19.1. The summed E-state index contributed by atoms with van der Waals surface area (Å²) in [4.78, 5) is 36.5. The van der Waals surface area contributed by atoms with Crippen LogP contribution in [0.1, 0.15) is 34.9 Å². The highest BCUT2D eigenvalue weighted by molar-refractivity contribution is 5.96. The SMILES string of the molecule is O=C(CNC(=O)c1ccccc1F)O[C@H](C(=O)NC1CC1)c1ccccc1. The first kappa shape index (κ1) is 18.6. The molecule has 1 saturated carbocycles. The Bertz CT molecular complexity index is 837. The zero-order chi connectivity index (χ0) is 19.2. The molecule has 0 heterocycles. The standard InChI is InChI=1S/C20H19FN2O4/c21-16-9-5-4-8-15(16)19(25)22-12-17(24)27-18(13-6-2-1-3-7-13)20(26)23-14-10-11-14/h1-9,14,18H,10-12H2,(H,22,25)(H,23,26)/t18-/m0/s1. The number of benzene rings is 2. The van der Waals surface area contributed by atoms with Crippen molar-refractivity contribution in [1.82, 2.24) is 10.6 Å². The molecule has 0 bridgehead atoms. The molecular weight excluding hydrogens is 351 g/mol. The lowest BCUT2D eigenvalue weighted by Gasteiger charge is -2.18. The van der Waals surface area contributed by atoms with Gasteiger partial charge >= 0.3 is 5.97 Å². The summed E-state index contributed by atoms with van der Waals surface area (Å²) in [5.41, 5.74) is 0.362. The lowest BCUT2D eigenvalue weighted by Crippen LogP contribution is -2.36. The predicted molar refractivity (Wildman–Crippen MR) is 95.2 cm³/mol. The first-order valence-corrected chi connectivity index (χ1v) is 8.62. The second-order valence-corrected chi connectivity index (χ2v) is 6.23. The molecule has 0 radical (unpaired) electrons. The Hall–Kier alpha value is -3.22. The van der Waals surface area contributed by atoms with E-state index < -0.39 is 36.2 Å². The van der Waals surface area contributed by atoms with E-state index >= 15 is 0 Å². The van der Waals surface area contributed by atoms with E-state index in [-0.39, 0.29) is 11.6 Å². The average Bonchev–Trinajstić information content (AvgIpc) is 3.49. The molecule has 2 N–H and O–H groups in total. The number of carbonyl (C=O) groups is 3. The second kappa shape index (κ2) is 8.44. The van der Waals surface area contributed by atoms with Gasteiger partial charge in [0.05, 0.1) is 5.56 Å². The minimum atomic E-state index is -1.11. The van der Waals surface area contributed by atoms with Crippen LogP contribution in [0.15, 0.2) is 54.6 Å². The molecule has 0 aliphatic heterocycles. The maximum Gasteiger partial charge on any atom is 0.326 e. The molecule has 1 aliphatic carbocycles. The first-order valence-electron chi connectivity index (χ1n) is 8.62. The summed E-state index contributed by atoms with van der Waals surface area (Å²) in [6.07, 6.45) is 0.699. The van der Waals surface area contributed by atoms with Crippen molar-refractivity contribution in [2.45, 2.75) is 25.0 Å². The molecule has 7 heteroatoms. The van der Waals surface area contributed by atoms with Crippen LogP contribution >= 0.6 is 0 Å². The zero-order valence-corrected chi connectivity index (χ0v) is 14.5. The Morgan fingerprint density at radius 3 is 2.37 bits per heavy atom. The van der Waals surface area contributed by atoms with E-state index in [1.807, 2.05) is 0 Å².